The number of carbonyl (C=O) groups excluding carboxylic acids is 2. The molecule has 1 amide bonds. The summed E-state index contributed by atoms with van der Waals surface area (Å²) in [6.07, 6.45) is 5.35. The summed E-state index contributed by atoms with van der Waals surface area (Å²) in [6.45, 7) is 1.92. The molecule has 0 atom stereocenters. The summed E-state index contributed by atoms with van der Waals surface area (Å²) in [6, 6.07) is 7.77. The van der Waals surface area contributed by atoms with Gasteiger partial charge in [0.1, 0.15) is 5.75 Å². The molecule has 0 spiro atoms. The summed E-state index contributed by atoms with van der Waals surface area (Å²) in [5, 5.41) is 12.1. The Balaban J connectivity index is 2.20. The van der Waals surface area contributed by atoms with E-state index in [-0.39, 0.29) is 18.1 Å². The summed E-state index contributed by atoms with van der Waals surface area (Å²) < 4.78 is 4.80. The first kappa shape index (κ1) is 16.2. The number of allylic oxidation sites excluding steroid dienone is 1. The standard InChI is InChI=1S/C17H16N2O4/c1-2-23-17(22)19-15-10-14(20)7-5-12(15)6-8-16(21)13-4-3-9-18-11-13/h3-11,20H,2H2,1H3,(H,19,22). The van der Waals surface area contributed by atoms with Crippen LogP contribution in [0.25, 0.3) is 6.08 Å². The predicted octanol–water partition coefficient (Wildman–Crippen LogP) is 3.25. The van der Waals surface area contributed by atoms with Gasteiger partial charge in [0.25, 0.3) is 0 Å². The van der Waals surface area contributed by atoms with E-state index < -0.39 is 6.09 Å². The molecule has 1 aromatic heterocycles. The maximum Gasteiger partial charge on any atom is 0.411 e. The molecule has 6 nitrogen and oxygen atoms in total. The summed E-state index contributed by atoms with van der Waals surface area (Å²) in [5.41, 5.74) is 1.37. The highest BCUT2D eigenvalue weighted by Crippen LogP contribution is 2.23. The van der Waals surface area contributed by atoms with Crippen LogP contribution in [0.4, 0.5) is 10.5 Å². The summed E-state index contributed by atoms with van der Waals surface area (Å²) >= 11 is 0. The number of amides is 1. The number of nitrogens with zero attached hydrogens (tertiary/aromatic N) is 1. The lowest BCUT2D eigenvalue weighted by Gasteiger charge is -2.09. The molecule has 1 heterocycles. The van der Waals surface area contributed by atoms with E-state index >= 15 is 0 Å². The number of ether oxygens (including phenoxy) is 1. The number of hydrogen-bond donors (Lipinski definition) is 2. The number of aromatic nitrogens is 1. The van der Waals surface area contributed by atoms with Crippen molar-refractivity contribution in [1.82, 2.24) is 4.98 Å². The number of benzene rings is 1. The molecule has 1 aromatic carbocycles. The molecule has 0 aliphatic carbocycles. The van der Waals surface area contributed by atoms with Crippen LogP contribution >= 0.6 is 0 Å². The van der Waals surface area contributed by atoms with Gasteiger partial charge in [-0.15, -0.1) is 0 Å². The normalized spacial score (nSPS) is 10.5. The van der Waals surface area contributed by atoms with Crippen LogP contribution in [0, 0.1) is 0 Å². The van der Waals surface area contributed by atoms with E-state index in [9.17, 15) is 14.7 Å². The lowest BCUT2D eigenvalue weighted by atomic mass is 10.1. The third-order valence-corrected chi connectivity index (χ3v) is 2.91. The molecule has 0 saturated heterocycles. The molecule has 23 heavy (non-hydrogen) atoms. The van der Waals surface area contributed by atoms with E-state index in [1.165, 1.54) is 24.4 Å². The van der Waals surface area contributed by atoms with Crippen LogP contribution < -0.4 is 5.32 Å². The highest BCUT2D eigenvalue weighted by Gasteiger charge is 2.08. The van der Waals surface area contributed by atoms with Gasteiger partial charge in [-0.2, -0.15) is 0 Å². The number of ketones is 1. The van der Waals surface area contributed by atoms with Crippen LogP contribution in [0.1, 0.15) is 22.8 Å². The van der Waals surface area contributed by atoms with Crippen molar-refractivity contribution in [3.05, 3.63) is 59.9 Å². The monoisotopic (exact) mass is 312 g/mol. The SMILES string of the molecule is CCOC(=O)Nc1cc(O)ccc1C=CC(=O)c1cccnc1. The van der Waals surface area contributed by atoms with Crippen LogP contribution in [0.3, 0.4) is 0 Å². The molecule has 118 valence electrons. The Bertz CT molecular complexity index is 727. The predicted molar refractivity (Wildman–Crippen MR) is 86.4 cm³/mol. The van der Waals surface area contributed by atoms with E-state index in [0.717, 1.165) is 0 Å². The fourth-order valence-electron chi connectivity index (χ4n) is 1.85. The number of phenols is 1. The van der Waals surface area contributed by atoms with Crippen LogP contribution in [0.15, 0.2) is 48.8 Å². The van der Waals surface area contributed by atoms with Crippen LogP contribution in [-0.4, -0.2) is 28.6 Å². The van der Waals surface area contributed by atoms with Gasteiger partial charge in [0.2, 0.25) is 0 Å². The van der Waals surface area contributed by atoms with Crippen molar-refractivity contribution in [2.75, 3.05) is 11.9 Å². The average molecular weight is 312 g/mol. The fraction of sp³-hybridized carbons (Fsp3) is 0.118. The molecule has 2 N–H and O–H groups in total. The summed E-state index contributed by atoms with van der Waals surface area (Å²) in [7, 11) is 0. The molecule has 0 aliphatic heterocycles. The topological polar surface area (TPSA) is 88.5 Å². The summed E-state index contributed by atoms with van der Waals surface area (Å²) in [4.78, 5) is 27.4. The second kappa shape index (κ2) is 7.74. The van der Waals surface area contributed by atoms with Crippen molar-refractivity contribution >= 4 is 23.6 Å². The highest BCUT2D eigenvalue weighted by molar-refractivity contribution is 6.07. The van der Waals surface area contributed by atoms with E-state index in [1.54, 1.807) is 37.4 Å². The zero-order valence-corrected chi connectivity index (χ0v) is 12.5. The minimum absolute atomic E-state index is 0.00691. The smallest absolute Gasteiger partial charge is 0.411 e. The fourth-order valence-corrected chi connectivity index (χ4v) is 1.85. The molecule has 0 radical (unpaired) electrons. The van der Waals surface area contributed by atoms with Crippen molar-refractivity contribution in [2.45, 2.75) is 6.92 Å². The van der Waals surface area contributed by atoms with E-state index in [4.69, 9.17) is 4.74 Å². The van der Waals surface area contributed by atoms with Gasteiger partial charge < -0.3 is 9.84 Å². The molecule has 0 unspecified atom stereocenters. The number of aromatic hydroxyl groups is 1. The maximum absolute atomic E-state index is 12.0. The average Bonchev–Trinajstić information content (AvgIpc) is 2.55. The van der Waals surface area contributed by atoms with E-state index in [2.05, 4.69) is 10.3 Å². The van der Waals surface area contributed by atoms with Gasteiger partial charge >= 0.3 is 6.09 Å². The number of anilines is 1. The van der Waals surface area contributed by atoms with Crippen molar-refractivity contribution in [3.8, 4) is 5.75 Å². The largest absolute Gasteiger partial charge is 0.508 e. The van der Waals surface area contributed by atoms with Gasteiger partial charge in [0.05, 0.1) is 12.3 Å². The minimum atomic E-state index is -0.633. The molecule has 2 rings (SSSR count). The molecule has 0 saturated carbocycles. The number of hydrogen-bond acceptors (Lipinski definition) is 5. The van der Waals surface area contributed by atoms with Crippen molar-refractivity contribution in [2.24, 2.45) is 0 Å². The van der Waals surface area contributed by atoms with Crippen LogP contribution in [0.2, 0.25) is 0 Å². The Kier molecular flexibility index (Phi) is 5.46. The second-order valence-electron chi connectivity index (χ2n) is 4.56. The van der Waals surface area contributed by atoms with Gasteiger partial charge in [0, 0.05) is 24.0 Å². The van der Waals surface area contributed by atoms with Crippen LogP contribution in [0.5, 0.6) is 5.75 Å². The summed E-state index contributed by atoms with van der Waals surface area (Å²) in [5.74, 6) is -0.221. The first-order chi connectivity index (χ1) is 11.1. The number of pyridine rings is 1. The van der Waals surface area contributed by atoms with Crippen molar-refractivity contribution in [1.29, 1.82) is 0 Å². The number of carbonyl (C=O) groups is 2. The third-order valence-electron chi connectivity index (χ3n) is 2.91. The molecule has 0 aliphatic rings. The van der Waals surface area contributed by atoms with E-state index in [1.807, 2.05) is 0 Å². The molecule has 6 heteroatoms. The Morgan fingerprint density at radius 3 is 2.87 bits per heavy atom. The number of rotatable bonds is 5. The molecule has 0 bridgehead atoms. The van der Waals surface area contributed by atoms with Crippen LogP contribution in [-0.2, 0) is 4.74 Å². The zero-order chi connectivity index (χ0) is 16.7. The molecule has 2 aromatic rings. The Hall–Kier alpha value is -3.15. The molecular weight excluding hydrogens is 296 g/mol. The quantitative estimate of drug-likeness (QED) is 0.653. The third kappa shape index (κ3) is 4.67. The Labute approximate surface area is 133 Å². The molecule has 0 fully saturated rings. The Morgan fingerprint density at radius 1 is 1.35 bits per heavy atom. The highest BCUT2D eigenvalue weighted by atomic mass is 16.5. The van der Waals surface area contributed by atoms with Gasteiger partial charge in [-0.1, -0.05) is 0 Å². The lowest BCUT2D eigenvalue weighted by molar-refractivity contribution is 0.104. The lowest BCUT2D eigenvalue weighted by Crippen LogP contribution is -2.14. The second-order valence-corrected chi connectivity index (χ2v) is 4.56. The van der Waals surface area contributed by atoms with Crippen molar-refractivity contribution in [3.63, 3.8) is 0 Å². The van der Waals surface area contributed by atoms with Gasteiger partial charge in [-0.05, 0) is 48.9 Å². The number of phenolic OH excluding ortho intramolecular Hbond substituents is 1. The number of nitrogens with one attached hydrogen (secondary N) is 1. The van der Waals surface area contributed by atoms with Gasteiger partial charge in [0.15, 0.2) is 5.78 Å². The maximum atomic E-state index is 12.0. The first-order valence-electron chi connectivity index (χ1n) is 6.99. The zero-order valence-electron chi connectivity index (χ0n) is 12.5. The minimum Gasteiger partial charge on any atom is -0.508 e. The first-order valence-corrected chi connectivity index (χ1v) is 6.99. The van der Waals surface area contributed by atoms with E-state index in [0.29, 0.717) is 16.8 Å². The molecular formula is C17H16N2O4. The van der Waals surface area contributed by atoms with Crippen molar-refractivity contribution < 1.29 is 19.4 Å². The van der Waals surface area contributed by atoms with Gasteiger partial charge in [-0.3, -0.25) is 15.1 Å². The Morgan fingerprint density at radius 2 is 2.17 bits per heavy atom. The van der Waals surface area contributed by atoms with Gasteiger partial charge in [-0.25, -0.2) is 4.79 Å².